The molecule has 18 heteroatoms. The lowest BCUT2D eigenvalue weighted by Crippen LogP contribution is -2.50. The van der Waals surface area contributed by atoms with Gasteiger partial charge in [0.25, 0.3) is 23.6 Å². The van der Waals surface area contributed by atoms with Crippen molar-refractivity contribution < 1.29 is 38.4 Å². The van der Waals surface area contributed by atoms with Crippen molar-refractivity contribution in [1.82, 2.24) is 41.3 Å². The Morgan fingerprint density at radius 2 is 0.479 bits per heavy atom. The highest BCUT2D eigenvalue weighted by molar-refractivity contribution is 7.73. The van der Waals surface area contributed by atoms with E-state index in [1.165, 1.54) is 20.0 Å². The van der Waals surface area contributed by atoms with E-state index in [1.807, 2.05) is 222 Å². The van der Waals surface area contributed by atoms with Crippen molar-refractivity contribution in [3.8, 4) is 0 Å². The number of rotatable bonds is 18. The SMILES string of the molecule is CC(NC(=O)c1ccccc1C1N2C(=O)CCC(=O)N2C(c2ccccc2C(=O)NC(C)c2ccccc2)P1c1ccccc1P1C(c2ccccc2C(=O)NC(C)c2ccccc2)N2C(=O)CCC(=O)N2C1c1ccccc1C(=O)NC(C)c1ccccc1)c1ccccc1. The van der Waals surface area contributed by atoms with Crippen LogP contribution in [0.1, 0.15) is 187 Å². The molecule has 4 fully saturated rings. The number of benzene rings is 9. The summed E-state index contributed by atoms with van der Waals surface area (Å²) in [6, 6.07) is 72.6. The maximum absolute atomic E-state index is 15.5. The minimum atomic E-state index is -2.20. The zero-order chi connectivity index (χ0) is 66.7. The lowest BCUT2D eigenvalue weighted by molar-refractivity contribution is -0.171. The summed E-state index contributed by atoms with van der Waals surface area (Å²) < 4.78 is 0. The standard InChI is InChI=1S/C78H72N8O8P2/c1-49(53-27-9-5-10-28-53)79-71(91)57-35-17-21-39-61(57)75-83-67(87)45-46-68(88)84(83)76(62-40-22-18-36-58(62)72(92)80-50(2)54-29-11-6-12-30-54)95(75)65-43-25-26-44-66(65)96-77(63-41-23-19-37-59(63)73(93)81-51(3)55-31-13-7-14-32-55)85-69(89)47-48-70(90)86(85)78(96)64-42-24-20-38-60(64)74(94)82-52(4)56-33-15-8-16-34-56/h5-44,49-52,75-78H,45-48H2,1-4H3,(H,79,91)(H,80,92)(H,81,93)(H,82,94). The molecule has 8 amide bonds. The Hall–Kier alpha value is -10.4. The Labute approximate surface area is 560 Å². The van der Waals surface area contributed by atoms with Crippen LogP contribution in [-0.2, 0) is 19.2 Å². The first-order chi connectivity index (χ1) is 46.7. The first kappa shape index (κ1) is 64.3. The number of hydrogen-bond donors (Lipinski definition) is 4. The fourth-order valence-electron chi connectivity index (χ4n) is 13.8. The average Bonchev–Trinajstić information content (AvgIpc) is 1.55. The van der Waals surface area contributed by atoms with E-state index in [0.29, 0.717) is 32.9 Å². The van der Waals surface area contributed by atoms with Gasteiger partial charge in [-0.25, -0.2) is 20.0 Å². The molecular weight excluding hydrogens is 1240 g/mol. The summed E-state index contributed by atoms with van der Waals surface area (Å²) >= 11 is 0. The number of amides is 8. The van der Waals surface area contributed by atoms with Crippen LogP contribution in [-0.4, -0.2) is 67.3 Å². The van der Waals surface area contributed by atoms with Gasteiger partial charge in [-0.3, -0.25) is 38.4 Å². The van der Waals surface area contributed by atoms with Gasteiger partial charge in [0, 0.05) is 47.9 Å². The topological polar surface area (TPSA) is 198 Å². The zero-order valence-electron chi connectivity index (χ0n) is 53.5. The lowest BCUT2D eigenvalue weighted by atomic mass is 10.0. The van der Waals surface area contributed by atoms with Crippen LogP contribution in [0.5, 0.6) is 0 Å². The molecule has 4 heterocycles. The summed E-state index contributed by atoms with van der Waals surface area (Å²) in [6.45, 7) is 7.58. The fraction of sp³-hybridized carbons (Fsp3) is 0.205. The van der Waals surface area contributed by atoms with E-state index in [0.717, 1.165) is 22.3 Å². The number of nitrogens with one attached hydrogen (secondary N) is 4. The van der Waals surface area contributed by atoms with E-state index >= 15 is 38.4 Å². The van der Waals surface area contributed by atoms with Gasteiger partial charge in [-0.1, -0.05) is 218 Å². The van der Waals surface area contributed by atoms with Crippen LogP contribution in [0.25, 0.3) is 0 Å². The van der Waals surface area contributed by atoms with Crippen molar-refractivity contribution >= 4 is 73.7 Å². The molecular formula is C78H72N8O8P2. The highest BCUT2D eigenvalue weighted by Gasteiger charge is 2.60. The van der Waals surface area contributed by atoms with E-state index in [4.69, 9.17) is 0 Å². The van der Waals surface area contributed by atoms with Gasteiger partial charge in [0.15, 0.2) is 0 Å². The normalized spacial score (nSPS) is 20.3. The first-order valence-corrected chi connectivity index (χ1v) is 35.4. The van der Waals surface area contributed by atoms with Gasteiger partial charge in [0.2, 0.25) is 23.6 Å². The highest BCUT2D eigenvalue weighted by Crippen LogP contribution is 2.74. The molecule has 4 aliphatic heterocycles. The first-order valence-electron chi connectivity index (χ1n) is 32.4. The van der Waals surface area contributed by atoms with Crippen molar-refractivity contribution in [2.24, 2.45) is 0 Å². The molecule has 0 radical (unpaired) electrons. The van der Waals surface area contributed by atoms with Gasteiger partial charge in [-0.2, -0.15) is 0 Å². The summed E-state index contributed by atoms with van der Waals surface area (Å²) in [4.78, 5) is 123. The van der Waals surface area contributed by atoms with Gasteiger partial charge < -0.3 is 21.3 Å². The third-order valence-electron chi connectivity index (χ3n) is 18.5. The predicted molar refractivity (Wildman–Crippen MR) is 371 cm³/mol. The summed E-state index contributed by atoms with van der Waals surface area (Å²) in [5.41, 5.74) is 6.21. The van der Waals surface area contributed by atoms with Gasteiger partial charge in [-0.15, -0.1) is 0 Å². The third kappa shape index (κ3) is 12.4. The van der Waals surface area contributed by atoms with Crippen LogP contribution < -0.4 is 31.9 Å². The Morgan fingerprint density at radius 3 is 0.698 bits per heavy atom. The van der Waals surface area contributed by atoms with Crippen LogP contribution in [0.15, 0.2) is 243 Å². The average molecular weight is 1310 g/mol. The van der Waals surface area contributed by atoms with Crippen LogP contribution in [0.3, 0.4) is 0 Å². The third-order valence-corrected chi connectivity index (χ3v) is 24.7. The zero-order valence-corrected chi connectivity index (χ0v) is 55.3. The van der Waals surface area contributed by atoms with Crippen molar-refractivity contribution in [1.29, 1.82) is 0 Å². The molecule has 16 nitrogen and oxygen atoms in total. The van der Waals surface area contributed by atoms with Crippen LogP contribution in [0.4, 0.5) is 0 Å². The van der Waals surface area contributed by atoms with Gasteiger partial charge >= 0.3 is 0 Å². The van der Waals surface area contributed by atoms with Gasteiger partial charge in [0.05, 0.1) is 24.2 Å². The number of hydrogen-bond acceptors (Lipinski definition) is 8. The number of carbonyl (C=O) groups excluding carboxylic acids is 8. The maximum atomic E-state index is 15.5. The number of fused-ring (bicyclic) bond motifs is 2. The molecule has 4 aliphatic rings. The molecule has 9 aromatic carbocycles. The van der Waals surface area contributed by atoms with Crippen molar-refractivity contribution in [3.05, 3.63) is 309 Å². The lowest BCUT2D eigenvalue weighted by Gasteiger charge is -2.38. The summed E-state index contributed by atoms with van der Waals surface area (Å²) in [5, 5.41) is 20.2. The van der Waals surface area contributed by atoms with Crippen molar-refractivity contribution in [3.63, 3.8) is 0 Å². The molecule has 4 saturated heterocycles. The van der Waals surface area contributed by atoms with Gasteiger partial charge in [-0.05, 0) is 123 Å². The van der Waals surface area contributed by atoms with Crippen LogP contribution >= 0.6 is 15.8 Å². The number of hydrazine groups is 2. The second-order valence-corrected chi connectivity index (χ2v) is 29.1. The Balaban J connectivity index is 1.07. The van der Waals surface area contributed by atoms with Gasteiger partial charge in [0.1, 0.15) is 23.1 Å². The monoisotopic (exact) mass is 1310 g/mol. The molecule has 0 saturated carbocycles. The number of nitrogens with zero attached hydrogens (tertiary/aromatic N) is 4. The minimum absolute atomic E-state index is 0.145. The molecule has 0 aliphatic carbocycles. The summed E-state index contributed by atoms with van der Waals surface area (Å²) in [5.74, 6) is -7.60. The van der Waals surface area contributed by atoms with E-state index in [1.54, 1.807) is 48.5 Å². The second-order valence-electron chi connectivity index (χ2n) is 24.5. The van der Waals surface area contributed by atoms with Crippen molar-refractivity contribution in [2.45, 2.75) is 101 Å². The molecule has 13 rings (SSSR count). The molecule has 96 heavy (non-hydrogen) atoms. The summed E-state index contributed by atoms with van der Waals surface area (Å²) in [7, 11) is -4.41. The number of carbonyl (C=O) groups is 8. The smallest absolute Gasteiger partial charge is 0.252 e. The molecule has 4 N–H and O–H groups in total. The molecule has 482 valence electrons. The largest absolute Gasteiger partial charge is 0.346 e. The molecule has 0 bridgehead atoms. The Kier molecular flexibility index (Phi) is 18.7. The molecule has 0 spiro atoms. The molecule has 8 unspecified atom stereocenters. The molecule has 9 aromatic rings. The quantitative estimate of drug-likeness (QED) is 0.0609. The second kappa shape index (κ2) is 27.9. The van der Waals surface area contributed by atoms with E-state index in [9.17, 15) is 0 Å². The molecule has 8 atom stereocenters. The van der Waals surface area contributed by atoms with E-state index in [2.05, 4.69) is 21.3 Å². The van der Waals surface area contributed by atoms with E-state index in [-0.39, 0.29) is 71.6 Å². The summed E-state index contributed by atoms with van der Waals surface area (Å²) in [6.07, 6.45) is -0.579. The molecule has 0 aromatic heterocycles. The highest BCUT2D eigenvalue weighted by atomic mass is 31.1. The van der Waals surface area contributed by atoms with Crippen LogP contribution in [0.2, 0.25) is 0 Å². The predicted octanol–water partition coefficient (Wildman–Crippen LogP) is 13.4. The van der Waals surface area contributed by atoms with Crippen LogP contribution in [0, 0.1) is 0 Å². The fourth-order valence-corrected chi connectivity index (χ4v) is 21.3. The minimum Gasteiger partial charge on any atom is -0.346 e. The maximum Gasteiger partial charge on any atom is 0.252 e. The van der Waals surface area contributed by atoms with E-state index < -0.39 is 86.8 Å². The van der Waals surface area contributed by atoms with Crippen molar-refractivity contribution in [2.75, 3.05) is 0 Å². The Bertz CT molecular complexity index is 3910. The Morgan fingerprint density at radius 1 is 0.292 bits per heavy atom.